The summed E-state index contributed by atoms with van der Waals surface area (Å²) in [6.45, 7) is 5.76. The number of fused-ring (bicyclic) bond motifs is 1. The van der Waals surface area contributed by atoms with Crippen LogP contribution < -0.4 is 4.74 Å². The first-order chi connectivity index (χ1) is 8.44. The summed E-state index contributed by atoms with van der Waals surface area (Å²) in [4.78, 5) is 3.29. The summed E-state index contributed by atoms with van der Waals surface area (Å²) in [7, 11) is 0. The summed E-state index contributed by atoms with van der Waals surface area (Å²) >= 11 is 0. The Morgan fingerprint density at radius 1 is 1.28 bits per heavy atom. The number of rotatable bonds is 2. The molecule has 0 spiro atoms. The molecule has 0 amide bonds. The second kappa shape index (κ2) is 3.74. The molecule has 1 saturated carbocycles. The monoisotopic (exact) mass is 247 g/mol. The van der Waals surface area contributed by atoms with E-state index in [9.17, 15) is 4.39 Å². The van der Waals surface area contributed by atoms with Gasteiger partial charge >= 0.3 is 0 Å². The lowest BCUT2D eigenvalue weighted by Crippen LogP contribution is -2.23. The Morgan fingerprint density at radius 2 is 2.00 bits per heavy atom. The van der Waals surface area contributed by atoms with Crippen molar-refractivity contribution in [3.63, 3.8) is 0 Å². The lowest BCUT2D eigenvalue weighted by atomic mass is 10.1. The van der Waals surface area contributed by atoms with Gasteiger partial charge in [-0.3, -0.25) is 0 Å². The summed E-state index contributed by atoms with van der Waals surface area (Å²) in [5.41, 5.74) is 1.62. The normalized spacial score (nSPS) is 16.2. The molecule has 3 rings (SSSR count). The van der Waals surface area contributed by atoms with Gasteiger partial charge in [-0.1, -0.05) is 0 Å². The molecule has 18 heavy (non-hydrogen) atoms. The van der Waals surface area contributed by atoms with Gasteiger partial charge in [0.1, 0.15) is 5.60 Å². The van der Waals surface area contributed by atoms with E-state index in [1.807, 2.05) is 32.9 Å². The highest BCUT2D eigenvalue weighted by atomic mass is 19.1. The molecule has 0 radical (unpaired) electrons. The maximum Gasteiger partial charge on any atom is 0.174 e. The van der Waals surface area contributed by atoms with Crippen LogP contribution in [0.1, 0.15) is 45.2 Å². The van der Waals surface area contributed by atoms with Crippen LogP contribution in [0.15, 0.2) is 18.2 Å². The summed E-state index contributed by atoms with van der Waals surface area (Å²) in [5.74, 6) is 0.672. The fourth-order valence-corrected chi connectivity index (χ4v) is 2.19. The van der Waals surface area contributed by atoms with Gasteiger partial charge in [-0.25, -0.2) is 4.39 Å². The van der Waals surface area contributed by atoms with E-state index >= 15 is 0 Å². The van der Waals surface area contributed by atoms with Crippen LogP contribution in [0.2, 0.25) is 0 Å². The molecule has 1 heterocycles. The Morgan fingerprint density at radius 3 is 2.61 bits per heavy atom. The summed E-state index contributed by atoms with van der Waals surface area (Å²) < 4.78 is 20.0. The molecule has 2 aromatic rings. The number of hydrogen-bond donors (Lipinski definition) is 1. The van der Waals surface area contributed by atoms with Crippen molar-refractivity contribution in [3.05, 3.63) is 29.7 Å². The van der Waals surface area contributed by atoms with Gasteiger partial charge in [0.15, 0.2) is 11.6 Å². The predicted octanol–water partition coefficient (Wildman–Crippen LogP) is 4.36. The molecule has 0 saturated heterocycles. The average molecular weight is 247 g/mol. The molecule has 96 valence electrons. The van der Waals surface area contributed by atoms with Crippen LogP contribution in [0.3, 0.4) is 0 Å². The molecule has 0 bridgehead atoms. The van der Waals surface area contributed by atoms with Crippen LogP contribution in [0.4, 0.5) is 4.39 Å². The Kier molecular flexibility index (Phi) is 2.40. The van der Waals surface area contributed by atoms with Crippen molar-refractivity contribution in [2.75, 3.05) is 0 Å². The maximum atomic E-state index is 14.4. The third-order valence-electron chi connectivity index (χ3n) is 3.16. The molecule has 1 N–H and O–H groups in total. The van der Waals surface area contributed by atoms with E-state index in [1.54, 1.807) is 6.07 Å². The zero-order valence-corrected chi connectivity index (χ0v) is 11.0. The molecule has 0 unspecified atom stereocenters. The summed E-state index contributed by atoms with van der Waals surface area (Å²) in [6.07, 6.45) is 2.42. The topological polar surface area (TPSA) is 25.0 Å². The van der Waals surface area contributed by atoms with Gasteiger partial charge < -0.3 is 9.72 Å². The average Bonchev–Trinajstić information content (AvgIpc) is 3.01. The van der Waals surface area contributed by atoms with Crippen molar-refractivity contribution >= 4 is 10.9 Å². The van der Waals surface area contributed by atoms with Crippen LogP contribution in [-0.4, -0.2) is 10.6 Å². The number of hydrogen-bond acceptors (Lipinski definition) is 1. The minimum atomic E-state index is -0.385. The molecule has 0 atom stereocenters. The second-order valence-electron chi connectivity index (χ2n) is 6.05. The van der Waals surface area contributed by atoms with E-state index in [1.165, 1.54) is 12.8 Å². The standard InChI is InChI=1S/C15H18FNO/c1-15(2,3)18-13-7-6-11-10(14(13)16)8-12(17-11)9-4-5-9/h6-9,17H,4-5H2,1-3H3. The predicted molar refractivity (Wildman–Crippen MR) is 70.6 cm³/mol. The van der Waals surface area contributed by atoms with E-state index in [4.69, 9.17) is 4.74 Å². The quantitative estimate of drug-likeness (QED) is 0.837. The van der Waals surface area contributed by atoms with Crippen molar-refractivity contribution < 1.29 is 9.13 Å². The van der Waals surface area contributed by atoms with Crippen molar-refractivity contribution in [1.82, 2.24) is 4.98 Å². The first-order valence-electron chi connectivity index (χ1n) is 6.44. The minimum Gasteiger partial charge on any atom is -0.485 e. The number of benzene rings is 1. The molecule has 1 fully saturated rings. The van der Waals surface area contributed by atoms with Crippen LogP contribution in [0, 0.1) is 5.82 Å². The van der Waals surface area contributed by atoms with Gasteiger partial charge in [0, 0.05) is 16.6 Å². The number of ether oxygens (including phenoxy) is 1. The Hall–Kier alpha value is -1.51. The van der Waals surface area contributed by atoms with E-state index in [0.29, 0.717) is 17.1 Å². The molecule has 2 nitrogen and oxygen atoms in total. The summed E-state index contributed by atoms with van der Waals surface area (Å²) in [5, 5.41) is 0.638. The molecule has 3 heteroatoms. The van der Waals surface area contributed by atoms with E-state index in [0.717, 1.165) is 11.2 Å². The number of nitrogens with one attached hydrogen (secondary N) is 1. The van der Waals surface area contributed by atoms with Gasteiger partial charge in [0.2, 0.25) is 0 Å². The third kappa shape index (κ3) is 2.09. The van der Waals surface area contributed by atoms with Crippen LogP contribution in [0.25, 0.3) is 10.9 Å². The van der Waals surface area contributed by atoms with Crippen molar-refractivity contribution in [1.29, 1.82) is 0 Å². The molecule has 1 aromatic heterocycles. The lowest BCUT2D eigenvalue weighted by molar-refractivity contribution is 0.125. The zero-order chi connectivity index (χ0) is 12.9. The van der Waals surface area contributed by atoms with Gasteiger partial charge in [-0.05, 0) is 57.7 Å². The molecule has 1 aliphatic rings. The fourth-order valence-electron chi connectivity index (χ4n) is 2.19. The fraction of sp³-hybridized carbons (Fsp3) is 0.467. The maximum absolute atomic E-state index is 14.4. The number of aromatic amines is 1. The largest absolute Gasteiger partial charge is 0.485 e. The van der Waals surface area contributed by atoms with E-state index in [2.05, 4.69) is 4.98 Å². The molecule has 1 aliphatic carbocycles. The van der Waals surface area contributed by atoms with E-state index < -0.39 is 0 Å². The minimum absolute atomic E-state index is 0.259. The van der Waals surface area contributed by atoms with Gasteiger partial charge in [0.05, 0.1) is 0 Å². The highest BCUT2D eigenvalue weighted by molar-refractivity contribution is 5.83. The first-order valence-corrected chi connectivity index (χ1v) is 6.44. The van der Waals surface area contributed by atoms with Gasteiger partial charge in [-0.15, -0.1) is 0 Å². The molecule has 0 aliphatic heterocycles. The van der Waals surface area contributed by atoms with Crippen LogP contribution in [0.5, 0.6) is 5.75 Å². The molecule has 1 aromatic carbocycles. The Bertz CT molecular complexity index is 590. The van der Waals surface area contributed by atoms with Crippen molar-refractivity contribution in [2.45, 2.75) is 45.1 Å². The first kappa shape index (κ1) is 11.6. The van der Waals surface area contributed by atoms with E-state index in [-0.39, 0.29) is 11.4 Å². The van der Waals surface area contributed by atoms with Crippen molar-refractivity contribution in [3.8, 4) is 5.75 Å². The summed E-state index contributed by atoms with van der Waals surface area (Å²) in [6, 6.07) is 5.53. The SMILES string of the molecule is CC(C)(C)Oc1ccc2[nH]c(C3CC3)cc2c1F. The zero-order valence-electron chi connectivity index (χ0n) is 11.0. The molecular weight excluding hydrogens is 229 g/mol. The van der Waals surface area contributed by atoms with Gasteiger partial charge in [0.25, 0.3) is 0 Å². The van der Waals surface area contributed by atoms with Crippen LogP contribution >= 0.6 is 0 Å². The highest BCUT2D eigenvalue weighted by Gasteiger charge is 2.26. The smallest absolute Gasteiger partial charge is 0.174 e. The third-order valence-corrected chi connectivity index (χ3v) is 3.16. The number of halogens is 1. The second-order valence-corrected chi connectivity index (χ2v) is 6.05. The highest BCUT2D eigenvalue weighted by Crippen LogP contribution is 2.41. The molecular formula is C15H18FNO. The Balaban J connectivity index is 2.04. The Labute approximate surface area is 106 Å². The van der Waals surface area contributed by atoms with Crippen LogP contribution in [-0.2, 0) is 0 Å². The number of H-pyrrole nitrogens is 1. The van der Waals surface area contributed by atoms with Crippen molar-refractivity contribution in [2.24, 2.45) is 0 Å². The van der Waals surface area contributed by atoms with Gasteiger partial charge in [-0.2, -0.15) is 0 Å². The number of aromatic nitrogens is 1. The lowest BCUT2D eigenvalue weighted by Gasteiger charge is -2.21.